The van der Waals surface area contributed by atoms with Crippen molar-refractivity contribution < 1.29 is 0 Å². The van der Waals surface area contributed by atoms with E-state index >= 15 is 0 Å². The van der Waals surface area contributed by atoms with Gasteiger partial charge in [0.15, 0.2) is 0 Å². The highest BCUT2D eigenvalue weighted by molar-refractivity contribution is 7.26. The van der Waals surface area contributed by atoms with E-state index < -0.39 is 5.41 Å². The van der Waals surface area contributed by atoms with Crippen molar-refractivity contribution in [1.82, 2.24) is 0 Å². The first-order valence-electron chi connectivity index (χ1n) is 21.0. The van der Waals surface area contributed by atoms with Gasteiger partial charge in [-0.15, -0.1) is 11.3 Å². The molecule has 2 heteroatoms. The molecular formula is C59H39NS. The Morgan fingerprint density at radius 1 is 0.361 bits per heavy atom. The zero-order chi connectivity index (χ0) is 40.3. The fourth-order valence-electron chi connectivity index (χ4n) is 10.1. The Labute approximate surface area is 360 Å². The van der Waals surface area contributed by atoms with Gasteiger partial charge in [-0.1, -0.05) is 188 Å². The number of anilines is 3. The molecule has 1 unspecified atom stereocenters. The second-order valence-electron chi connectivity index (χ2n) is 16.0. The van der Waals surface area contributed by atoms with Crippen molar-refractivity contribution in [1.29, 1.82) is 0 Å². The highest BCUT2D eigenvalue weighted by Gasteiger charge is 2.46. The smallest absolute Gasteiger partial charge is 0.0714 e. The molecule has 0 saturated carbocycles. The summed E-state index contributed by atoms with van der Waals surface area (Å²) in [5.74, 6) is 0. The van der Waals surface area contributed by atoms with Crippen molar-refractivity contribution in [3.05, 3.63) is 259 Å². The maximum Gasteiger partial charge on any atom is 0.0714 e. The molecule has 0 spiro atoms. The van der Waals surface area contributed by atoms with Crippen LogP contribution in [-0.2, 0) is 5.41 Å². The number of para-hydroxylation sites is 1. The fourth-order valence-corrected chi connectivity index (χ4v) is 11.2. The number of fused-ring (bicyclic) bond motifs is 8. The summed E-state index contributed by atoms with van der Waals surface area (Å²) < 4.78 is 2.53. The van der Waals surface area contributed by atoms with Gasteiger partial charge in [-0.2, -0.15) is 0 Å². The Kier molecular flexibility index (Phi) is 8.33. The van der Waals surface area contributed by atoms with Crippen LogP contribution in [0.5, 0.6) is 0 Å². The van der Waals surface area contributed by atoms with E-state index in [0.717, 1.165) is 17.1 Å². The lowest BCUT2D eigenvalue weighted by molar-refractivity contribution is 0.770. The van der Waals surface area contributed by atoms with Gasteiger partial charge < -0.3 is 4.90 Å². The van der Waals surface area contributed by atoms with Gasteiger partial charge in [-0.25, -0.2) is 0 Å². The molecule has 0 saturated heterocycles. The first-order valence-corrected chi connectivity index (χ1v) is 21.8. The van der Waals surface area contributed by atoms with Crippen LogP contribution in [0.4, 0.5) is 17.1 Å². The van der Waals surface area contributed by atoms with Crippen LogP contribution in [0.15, 0.2) is 237 Å². The zero-order valence-electron chi connectivity index (χ0n) is 33.4. The van der Waals surface area contributed by atoms with Crippen molar-refractivity contribution >= 4 is 59.3 Å². The molecular weight excluding hydrogens is 755 g/mol. The van der Waals surface area contributed by atoms with E-state index in [9.17, 15) is 0 Å². The monoisotopic (exact) mass is 793 g/mol. The number of hydrogen-bond acceptors (Lipinski definition) is 2. The summed E-state index contributed by atoms with van der Waals surface area (Å²) in [6.07, 6.45) is 0. The Hall–Kier alpha value is -7.52. The average molecular weight is 794 g/mol. The van der Waals surface area contributed by atoms with Gasteiger partial charge in [0.1, 0.15) is 0 Å². The van der Waals surface area contributed by atoms with E-state index in [4.69, 9.17) is 0 Å². The van der Waals surface area contributed by atoms with Crippen molar-refractivity contribution in [3.63, 3.8) is 0 Å². The first kappa shape index (κ1) is 35.4. The molecule has 0 aliphatic heterocycles. The van der Waals surface area contributed by atoms with Crippen molar-refractivity contribution in [2.24, 2.45) is 0 Å². The average Bonchev–Trinajstić information content (AvgIpc) is 3.87. The maximum absolute atomic E-state index is 2.50. The lowest BCUT2D eigenvalue weighted by Gasteiger charge is -2.34. The largest absolute Gasteiger partial charge is 0.309 e. The molecule has 0 radical (unpaired) electrons. The highest BCUT2D eigenvalue weighted by atomic mass is 32.1. The van der Waals surface area contributed by atoms with Gasteiger partial charge >= 0.3 is 0 Å². The number of rotatable bonds is 7. The summed E-state index contributed by atoms with van der Waals surface area (Å²) in [5.41, 5.74) is 15.5. The van der Waals surface area contributed by atoms with Gasteiger partial charge in [0.25, 0.3) is 0 Å². The SMILES string of the molecule is c1ccc(-c2cc(-c3ccccc3)cc(N(c3ccccc3)c3cccc4c3sc3ccc(C5(c6ccccc6)c6ccccc6-c6c5ccc5ccccc65)cc34)c2)cc1. The Balaban J connectivity index is 1.10. The zero-order valence-corrected chi connectivity index (χ0v) is 34.2. The third-order valence-corrected chi connectivity index (χ3v) is 13.9. The quantitative estimate of drug-likeness (QED) is 0.155. The molecule has 12 rings (SSSR count). The van der Waals surface area contributed by atoms with Crippen LogP contribution < -0.4 is 4.90 Å². The summed E-state index contributed by atoms with van der Waals surface area (Å²) in [6.45, 7) is 0. The molecule has 10 aromatic carbocycles. The molecule has 1 nitrogen and oxygen atoms in total. The van der Waals surface area contributed by atoms with E-state index in [1.54, 1.807) is 0 Å². The second-order valence-corrected chi connectivity index (χ2v) is 17.1. The van der Waals surface area contributed by atoms with E-state index in [2.05, 4.69) is 241 Å². The highest BCUT2D eigenvalue weighted by Crippen LogP contribution is 2.58. The molecule has 61 heavy (non-hydrogen) atoms. The number of nitrogens with zero attached hydrogens (tertiary/aromatic N) is 1. The second kappa shape index (κ2) is 14.3. The van der Waals surface area contributed by atoms with Crippen LogP contribution in [0.1, 0.15) is 22.3 Å². The molecule has 1 aromatic heterocycles. The molecule has 0 amide bonds. The van der Waals surface area contributed by atoms with Crippen LogP contribution >= 0.6 is 11.3 Å². The Morgan fingerprint density at radius 2 is 0.984 bits per heavy atom. The molecule has 286 valence electrons. The maximum atomic E-state index is 2.50. The first-order chi connectivity index (χ1) is 30.3. The van der Waals surface area contributed by atoms with Gasteiger partial charge in [0, 0.05) is 26.8 Å². The normalized spacial score (nSPS) is 14.3. The number of hydrogen-bond donors (Lipinski definition) is 0. The molecule has 1 atom stereocenters. The van der Waals surface area contributed by atoms with Crippen molar-refractivity contribution in [2.75, 3.05) is 4.90 Å². The fraction of sp³-hybridized carbons (Fsp3) is 0.0169. The molecule has 1 aliphatic rings. The minimum absolute atomic E-state index is 0.501. The summed E-state index contributed by atoms with van der Waals surface area (Å²) in [5, 5.41) is 5.10. The minimum Gasteiger partial charge on any atom is -0.309 e. The van der Waals surface area contributed by atoms with E-state index in [0.29, 0.717) is 0 Å². The summed E-state index contributed by atoms with van der Waals surface area (Å²) in [6, 6.07) is 87.3. The van der Waals surface area contributed by atoms with Crippen molar-refractivity contribution in [3.8, 4) is 33.4 Å². The standard InChI is InChI=1S/C59H39NS/c1-5-18-40(19-6-1)43-36-44(41-20-7-2-8-21-41)38-48(37-43)60(47-25-11-4-12-26-47)55-31-17-29-50-52-39-46(33-35-56(52)61-58(50)55)59(45-23-9-3-10-24-45)53-30-16-15-28-51(53)57-49-27-14-13-22-42(49)32-34-54(57)59/h1-39H. The van der Waals surface area contributed by atoms with Crippen LogP contribution in [0.25, 0.3) is 64.3 Å². The van der Waals surface area contributed by atoms with Crippen LogP contribution in [0, 0.1) is 0 Å². The Bertz CT molecular complexity index is 3350. The summed E-state index contributed by atoms with van der Waals surface area (Å²) >= 11 is 1.88. The van der Waals surface area contributed by atoms with Crippen LogP contribution in [0.2, 0.25) is 0 Å². The third kappa shape index (κ3) is 5.60. The van der Waals surface area contributed by atoms with Gasteiger partial charge in [0.05, 0.1) is 15.8 Å². The summed E-state index contributed by atoms with van der Waals surface area (Å²) in [7, 11) is 0. The predicted octanol–water partition coefficient (Wildman–Crippen LogP) is 16.4. The van der Waals surface area contributed by atoms with Crippen molar-refractivity contribution in [2.45, 2.75) is 5.41 Å². The predicted molar refractivity (Wildman–Crippen MR) is 260 cm³/mol. The van der Waals surface area contributed by atoms with Gasteiger partial charge in [-0.05, 0) is 115 Å². The van der Waals surface area contributed by atoms with Gasteiger partial charge in [0.2, 0.25) is 0 Å². The summed E-state index contributed by atoms with van der Waals surface area (Å²) in [4.78, 5) is 2.46. The molecule has 0 fully saturated rings. The lowest BCUT2D eigenvalue weighted by Crippen LogP contribution is -2.28. The molecule has 1 aliphatic carbocycles. The van der Waals surface area contributed by atoms with Crippen LogP contribution in [0.3, 0.4) is 0 Å². The molecule has 0 bridgehead atoms. The lowest BCUT2D eigenvalue weighted by atomic mass is 9.67. The molecule has 11 aromatic rings. The topological polar surface area (TPSA) is 3.24 Å². The minimum atomic E-state index is -0.501. The number of benzene rings is 10. The van der Waals surface area contributed by atoms with E-state index in [1.807, 2.05) is 11.3 Å². The van der Waals surface area contributed by atoms with E-state index in [-0.39, 0.29) is 0 Å². The van der Waals surface area contributed by atoms with Gasteiger partial charge in [-0.3, -0.25) is 0 Å². The molecule has 1 heterocycles. The van der Waals surface area contributed by atoms with E-state index in [1.165, 1.54) is 86.6 Å². The molecule has 0 N–H and O–H groups in total. The number of thiophene rings is 1. The third-order valence-electron chi connectivity index (χ3n) is 12.7. The Morgan fingerprint density at radius 3 is 1.72 bits per heavy atom. The van der Waals surface area contributed by atoms with Crippen LogP contribution in [-0.4, -0.2) is 0 Å².